The Kier molecular flexibility index (Phi) is 3.73. The first kappa shape index (κ1) is 16.3. The van der Waals surface area contributed by atoms with E-state index in [0.717, 1.165) is 10.4 Å². The Morgan fingerprint density at radius 3 is 2.73 bits per heavy atom. The minimum atomic E-state index is -0.482. The van der Waals surface area contributed by atoms with Crippen LogP contribution in [-0.2, 0) is 6.54 Å². The van der Waals surface area contributed by atoms with E-state index in [1.807, 2.05) is 13.1 Å². The molecular weight excluding hydrogens is 356 g/mol. The predicted octanol–water partition coefficient (Wildman–Crippen LogP) is 3.60. The van der Waals surface area contributed by atoms with Crippen molar-refractivity contribution in [1.29, 1.82) is 0 Å². The quantitative estimate of drug-likeness (QED) is 0.299. The maximum Gasteiger partial charge on any atom is 0.270 e. The molecule has 1 aromatic heterocycles. The van der Waals surface area contributed by atoms with E-state index in [9.17, 15) is 15.3 Å². The maximum absolute atomic E-state index is 13.0. The van der Waals surface area contributed by atoms with Crippen molar-refractivity contribution in [1.82, 2.24) is 9.55 Å². The second-order valence-electron chi connectivity index (χ2n) is 5.99. The largest absolute Gasteiger partial charge is 0.623 e. The summed E-state index contributed by atoms with van der Waals surface area (Å²) in [6, 6.07) is 11.4. The molecule has 0 aliphatic carbocycles. The van der Waals surface area contributed by atoms with Gasteiger partial charge >= 0.3 is 0 Å². The topological polar surface area (TPSA) is 87.0 Å². The van der Waals surface area contributed by atoms with Gasteiger partial charge in [-0.25, -0.2) is 4.98 Å². The molecule has 1 aliphatic rings. The number of aryl methyl sites for hydroxylation is 1. The smallest absolute Gasteiger partial charge is 0.270 e. The van der Waals surface area contributed by atoms with Gasteiger partial charge in [0.1, 0.15) is 0 Å². The molecule has 0 atom stereocenters. The van der Waals surface area contributed by atoms with Crippen molar-refractivity contribution in [3.8, 4) is 5.69 Å². The van der Waals surface area contributed by atoms with E-state index in [0.29, 0.717) is 27.7 Å². The molecule has 26 heavy (non-hydrogen) atoms. The number of non-ortho nitro benzene ring substituents is 1. The molecule has 8 heteroatoms. The highest BCUT2D eigenvalue weighted by molar-refractivity contribution is 6.35. The summed E-state index contributed by atoms with van der Waals surface area (Å²) in [4.78, 5) is 15.2. The SMILES string of the molecule is Cc1cn2c(n1)C[N+]([O-])=C(c1ccccc1Cl)c1cc([N+](=O)[O-])ccc1-2. The Bertz CT molecular complexity index is 1090. The van der Waals surface area contributed by atoms with Gasteiger partial charge in [0.15, 0.2) is 5.82 Å². The molecule has 0 amide bonds. The number of aromatic nitrogens is 2. The van der Waals surface area contributed by atoms with E-state index >= 15 is 0 Å². The second kappa shape index (κ2) is 5.96. The average Bonchev–Trinajstić information content (AvgIpc) is 2.92. The third-order valence-corrected chi connectivity index (χ3v) is 4.60. The Morgan fingerprint density at radius 1 is 1.23 bits per heavy atom. The first-order valence-electron chi connectivity index (χ1n) is 7.86. The number of hydroxylamine groups is 1. The fourth-order valence-electron chi connectivity index (χ4n) is 3.18. The monoisotopic (exact) mass is 368 g/mol. The summed E-state index contributed by atoms with van der Waals surface area (Å²) in [6.45, 7) is 1.84. The van der Waals surface area contributed by atoms with Crippen molar-refractivity contribution in [2.75, 3.05) is 0 Å². The number of rotatable bonds is 2. The van der Waals surface area contributed by atoms with Crippen LogP contribution in [0.25, 0.3) is 5.69 Å². The molecule has 0 bridgehead atoms. The van der Waals surface area contributed by atoms with Crippen molar-refractivity contribution in [3.05, 3.63) is 91.7 Å². The fraction of sp³-hybridized carbons (Fsp3) is 0.111. The maximum atomic E-state index is 13.0. The zero-order valence-corrected chi connectivity index (χ0v) is 14.5. The zero-order valence-electron chi connectivity index (χ0n) is 13.7. The summed E-state index contributed by atoms with van der Waals surface area (Å²) in [7, 11) is 0. The van der Waals surface area contributed by atoms with Gasteiger partial charge in [0.25, 0.3) is 5.69 Å². The number of halogens is 1. The summed E-state index contributed by atoms with van der Waals surface area (Å²) in [5.41, 5.74) is 2.57. The number of hydrogen-bond donors (Lipinski definition) is 0. The molecule has 1 aliphatic heterocycles. The number of benzene rings is 2. The molecule has 2 aromatic carbocycles. The lowest BCUT2D eigenvalue weighted by Crippen LogP contribution is -2.18. The Balaban J connectivity index is 2.08. The Morgan fingerprint density at radius 2 is 2.00 bits per heavy atom. The van der Waals surface area contributed by atoms with E-state index in [1.165, 1.54) is 12.1 Å². The number of nitro groups is 1. The summed E-state index contributed by atoms with van der Waals surface area (Å²) in [5, 5.41) is 24.7. The van der Waals surface area contributed by atoms with Gasteiger partial charge in [-0.05, 0) is 25.1 Å². The zero-order chi connectivity index (χ0) is 18.4. The molecule has 2 heterocycles. The third-order valence-electron chi connectivity index (χ3n) is 4.27. The van der Waals surface area contributed by atoms with E-state index in [4.69, 9.17) is 11.6 Å². The van der Waals surface area contributed by atoms with Crippen molar-refractivity contribution in [3.63, 3.8) is 0 Å². The van der Waals surface area contributed by atoms with E-state index < -0.39 is 4.92 Å². The summed E-state index contributed by atoms with van der Waals surface area (Å²) >= 11 is 6.31. The fourth-order valence-corrected chi connectivity index (χ4v) is 3.40. The summed E-state index contributed by atoms with van der Waals surface area (Å²) in [6.07, 6.45) is 1.81. The van der Waals surface area contributed by atoms with Gasteiger partial charge in [-0.2, -0.15) is 4.74 Å². The molecule has 130 valence electrons. The standard InChI is InChI=1S/C18H13ClN4O3/c1-11-9-21-16-7-6-12(23(25)26)8-14(16)18(22(24)10-17(21)20-11)13-4-2-3-5-15(13)19/h2-9H,10H2,1H3. The molecule has 0 unspecified atom stereocenters. The minimum absolute atomic E-state index is 0.0108. The number of nitrogens with zero attached hydrogens (tertiary/aromatic N) is 4. The highest BCUT2D eigenvalue weighted by Gasteiger charge is 2.30. The first-order chi connectivity index (χ1) is 12.5. The van der Waals surface area contributed by atoms with Crippen molar-refractivity contribution < 1.29 is 9.66 Å². The average molecular weight is 369 g/mol. The molecule has 0 radical (unpaired) electrons. The van der Waals surface area contributed by atoms with Crippen LogP contribution in [-0.4, -0.2) is 24.9 Å². The van der Waals surface area contributed by atoms with Crippen LogP contribution >= 0.6 is 11.6 Å². The summed E-state index contributed by atoms with van der Waals surface area (Å²) < 4.78 is 2.58. The van der Waals surface area contributed by atoms with Crippen LogP contribution in [0.4, 0.5) is 5.69 Å². The van der Waals surface area contributed by atoms with Crippen molar-refractivity contribution >= 4 is 23.0 Å². The van der Waals surface area contributed by atoms with Crippen LogP contribution in [0.5, 0.6) is 0 Å². The van der Waals surface area contributed by atoms with Crippen LogP contribution in [0, 0.1) is 22.2 Å². The second-order valence-corrected chi connectivity index (χ2v) is 6.40. The normalized spacial score (nSPS) is 13.2. The first-order valence-corrected chi connectivity index (χ1v) is 8.24. The lowest BCUT2D eigenvalue weighted by atomic mass is 9.99. The molecule has 3 aromatic rings. The summed E-state index contributed by atoms with van der Waals surface area (Å²) in [5.74, 6) is 0.564. The van der Waals surface area contributed by atoms with Crippen LogP contribution in [0.15, 0.2) is 48.7 Å². The van der Waals surface area contributed by atoms with Gasteiger partial charge in [-0.1, -0.05) is 23.7 Å². The molecular formula is C18H13ClN4O3. The van der Waals surface area contributed by atoms with Crippen LogP contribution in [0.3, 0.4) is 0 Å². The van der Waals surface area contributed by atoms with E-state index in [2.05, 4.69) is 4.98 Å². The van der Waals surface area contributed by atoms with Crippen molar-refractivity contribution in [2.24, 2.45) is 0 Å². The molecule has 0 N–H and O–H groups in total. The lowest BCUT2D eigenvalue weighted by Gasteiger charge is -2.11. The van der Waals surface area contributed by atoms with Crippen LogP contribution in [0.2, 0.25) is 5.02 Å². The van der Waals surface area contributed by atoms with E-state index in [1.54, 1.807) is 34.9 Å². The highest BCUT2D eigenvalue weighted by Crippen LogP contribution is 2.30. The molecule has 7 nitrogen and oxygen atoms in total. The van der Waals surface area contributed by atoms with Gasteiger partial charge in [-0.15, -0.1) is 0 Å². The molecule has 0 spiro atoms. The number of imidazole rings is 1. The Hall–Kier alpha value is -3.19. The number of fused-ring (bicyclic) bond motifs is 3. The van der Waals surface area contributed by atoms with E-state index in [-0.39, 0.29) is 17.9 Å². The van der Waals surface area contributed by atoms with Crippen molar-refractivity contribution in [2.45, 2.75) is 13.5 Å². The van der Waals surface area contributed by atoms with Crippen LogP contribution < -0.4 is 0 Å². The molecule has 0 saturated carbocycles. The highest BCUT2D eigenvalue weighted by atomic mass is 35.5. The third kappa shape index (κ3) is 2.53. The number of nitro benzene ring substituents is 1. The van der Waals surface area contributed by atoms with Gasteiger partial charge in [0.05, 0.1) is 32.5 Å². The van der Waals surface area contributed by atoms with Gasteiger partial charge in [0, 0.05) is 18.3 Å². The number of hydrogen-bond acceptors (Lipinski definition) is 4. The minimum Gasteiger partial charge on any atom is -0.623 e. The predicted molar refractivity (Wildman–Crippen MR) is 96.9 cm³/mol. The van der Waals surface area contributed by atoms with Gasteiger partial charge in [0.2, 0.25) is 12.3 Å². The van der Waals surface area contributed by atoms with Gasteiger partial charge < -0.3 is 5.21 Å². The van der Waals surface area contributed by atoms with Crippen LogP contribution in [0.1, 0.15) is 22.6 Å². The lowest BCUT2D eigenvalue weighted by molar-refractivity contribution is -0.475. The Labute approximate surface area is 153 Å². The molecule has 4 rings (SSSR count). The molecule has 0 fully saturated rings. The molecule has 0 saturated heterocycles. The van der Waals surface area contributed by atoms with Gasteiger partial charge in [-0.3, -0.25) is 14.7 Å².